The van der Waals surface area contributed by atoms with E-state index in [1.807, 2.05) is 43.3 Å². The number of carbonyl (C=O) groups excluding carboxylic acids is 1. The van der Waals surface area contributed by atoms with Gasteiger partial charge in [-0.2, -0.15) is 0 Å². The second-order valence-corrected chi connectivity index (χ2v) is 8.90. The van der Waals surface area contributed by atoms with Gasteiger partial charge in [-0.05, 0) is 37.1 Å². The minimum absolute atomic E-state index is 0.0668. The number of ketones is 1. The van der Waals surface area contributed by atoms with E-state index in [1.165, 1.54) is 10.2 Å². The lowest BCUT2D eigenvalue weighted by atomic mass is 10.0. The summed E-state index contributed by atoms with van der Waals surface area (Å²) in [6.45, 7) is 1.91. The monoisotopic (exact) mass is 403 g/mol. The number of benzene rings is 3. The molecule has 1 aromatic heterocycles. The van der Waals surface area contributed by atoms with Crippen molar-refractivity contribution in [2.24, 2.45) is 0 Å². The summed E-state index contributed by atoms with van der Waals surface area (Å²) in [5.74, 6) is -0.0668. The highest BCUT2D eigenvalue weighted by Gasteiger charge is 2.23. The molecule has 0 unspecified atom stereocenters. The van der Waals surface area contributed by atoms with Crippen molar-refractivity contribution >= 4 is 26.7 Å². The zero-order valence-corrected chi connectivity index (χ0v) is 16.9. The molecule has 4 nitrogen and oxygen atoms in total. The van der Waals surface area contributed by atoms with Gasteiger partial charge in [-0.25, -0.2) is 12.4 Å². The summed E-state index contributed by atoms with van der Waals surface area (Å²) in [6.07, 6.45) is 2.40. The van der Waals surface area contributed by atoms with E-state index in [-0.39, 0.29) is 10.7 Å². The van der Waals surface area contributed by atoms with E-state index < -0.39 is 10.0 Å². The van der Waals surface area contributed by atoms with Crippen LogP contribution in [0.4, 0.5) is 0 Å². The predicted octanol–water partition coefficient (Wildman–Crippen LogP) is 5.00. The van der Waals surface area contributed by atoms with Gasteiger partial charge < -0.3 is 0 Å². The predicted molar refractivity (Wildman–Crippen MR) is 115 cm³/mol. The Labute approximate surface area is 170 Å². The Morgan fingerprint density at radius 2 is 1.52 bits per heavy atom. The SMILES string of the molecule is Cc1ccc(S(=O)(=O)n2cc(C(=O)CCc3ccccc3)c3ccccc32)cc1. The molecule has 0 atom stereocenters. The Balaban J connectivity index is 1.73. The van der Waals surface area contributed by atoms with Gasteiger partial charge in [0.15, 0.2) is 5.78 Å². The molecule has 0 aliphatic carbocycles. The average Bonchev–Trinajstić information content (AvgIpc) is 3.14. The molecule has 0 aliphatic rings. The molecule has 29 heavy (non-hydrogen) atoms. The van der Waals surface area contributed by atoms with Crippen LogP contribution < -0.4 is 0 Å². The van der Waals surface area contributed by atoms with E-state index in [1.54, 1.807) is 42.5 Å². The number of aryl methyl sites for hydroxylation is 2. The second-order valence-electron chi connectivity index (χ2n) is 7.08. The Morgan fingerprint density at radius 1 is 0.862 bits per heavy atom. The number of nitrogens with zero attached hydrogens (tertiary/aromatic N) is 1. The molecule has 5 heteroatoms. The quantitative estimate of drug-likeness (QED) is 0.426. The van der Waals surface area contributed by atoms with Crippen LogP contribution in [0.25, 0.3) is 10.9 Å². The van der Waals surface area contributed by atoms with E-state index in [0.717, 1.165) is 11.1 Å². The van der Waals surface area contributed by atoms with Crippen molar-refractivity contribution < 1.29 is 13.2 Å². The van der Waals surface area contributed by atoms with Gasteiger partial charge in [0.05, 0.1) is 10.4 Å². The summed E-state index contributed by atoms with van der Waals surface area (Å²) in [7, 11) is -3.80. The molecule has 3 aromatic carbocycles. The van der Waals surface area contributed by atoms with Gasteiger partial charge in [0.1, 0.15) is 0 Å². The van der Waals surface area contributed by atoms with Gasteiger partial charge in [-0.15, -0.1) is 0 Å². The number of rotatable bonds is 6. The lowest BCUT2D eigenvalue weighted by Gasteiger charge is -2.07. The molecular weight excluding hydrogens is 382 g/mol. The lowest BCUT2D eigenvalue weighted by Crippen LogP contribution is -2.12. The summed E-state index contributed by atoms with van der Waals surface area (Å²) in [5, 5.41) is 0.654. The maximum Gasteiger partial charge on any atom is 0.268 e. The number of aromatic nitrogens is 1. The molecule has 4 rings (SSSR count). The maximum absolute atomic E-state index is 13.2. The summed E-state index contributed by atoms with van der Waals surface area (Å²) >= 11 is 0. The molecule has 0 fully saturated rings. The van der Waals surface area contributed by atoms with Crippen molar-refractivity contribution in [1.82, 2.24) is 3.97 Å². The van der Waals surface area contributed by atoms with Crippen LogP contribution in [0.15, 0.2) is 90.0 Å². The van der Waals surface area contributed by atoms with Gasteiger partial charge >= 0.3 is 0 Å². The van der Waals surface area contributed by atoms with Crippen molar-refractivity contribution in [3.05, 3.63) is 102 Å². The lowest BCUT2D eigenvalue weighted by molar-refractivity contribution is 0.0984. The molecule has 0 saturated heterocycles. The third-order valence-electron chi connectivity index (χ3n) is 5.04. The first kappa shape index (κ1) is 19.2. The summed E-state index contributed by atoms with van der Waals surface area (Å²) in [4.78, 5) is 13.1. The number of hydrogen-bond donors (Lipinski definition) is 0. The highest BCUT2D eigenvalue weighted by Crippen LogP contribution is 2.27. The van der Waals surface area contributed by atoms with Gasteiger partial charge in [0.2, 0.25) is 0 Å². The van der Waals surface area contributed by atoms with E-state index >= 15 is 0 Å². The Bertz CT molecular complexity index is 1270. The third-order valence-corrected chi connectivity index (χ3v) is 6.73. The Morgan fingerprint density at radius 3 is 2.24 bits per heavy atom. The van der Waals surface area contributed by atoms with Crippen LogP contribution >= 0.6 is 0 Å². The molecule has 0 spiro atoms. The zero-order valence-electron chi connectivity index (χ0n) is 16.1. The molecule has 1 heterocycles. The minimum Gasteiger partial charge on any atom is -0.294 e. The first-order valence-electron chi connectivity index (χ1n) is 9.46. The number of carbonyl (C=O) groups is 1. The molecule has 0 amide bonds. The summed E-state index contributed by atoms with van der Waals surface area (Å²) < 4.78 is 27.7. The van der Waals surface area contributed by atoms with Crippen LogP contribution in [0.1, 0.15) is 27.9 Å². The van der Waals surface area contributed by atoms with E-state index in [0.29, 0.717) is 29.3 Å². The van der Waals surface area contributed by atoms with E-state index in [9.17, 15) is 13.2 Å². The standard InChI is InChI=1S/C24H21NO3S/c1-18-11-14-20(15-12-18)29(27,28)25-17-22(21-9-5-6-10-23(21)25)24(26)16-13-19-7-3-2-4-8-19/h2-12,14-15,17H,13,16H2,1H3. The van der Waals surface area contributed by atoms with Crippen LogP contribution in [0.5, 0.6) is 0 Å². The van der Waals surface area contributed by atoms with Crippen LogP contribution in [0.2, 0.25) is 0 Å². The Hall–Kier alpha value is -3.18. The first-order chi connectivity index (χ1) is 14.0. The smallest absolute Gasteiger partial charge is 0.268 e. The van der Waals surface area contributed by atoms with Crippen molar-refractivity contribution in [3.8, 4) is 0 Å². The van der Waals surface area contributed by atoms with Crippen molar-refractivity contribution in [1.29, 1.82) is 0 Å². The number of para-hydroxylation sites is 1. The molecular formula is C24H21NO3S. The fraction of sp³-hybridized carbons (Fsp3) is 0.125. The average molecular weight is 404 g/mol. The third kappa shape index (κ3) is 3.74. The highest BCUT2D eigenvalue weighted by atomic mass is 32.2. The molecule has 0 bridgehead atoms. The van der Waals surface area contributed by atoms with Crippen LogP contribution in [-0.4, -0.2) is 18.2 Å². The molecule has 0 radical (unpaired) electrons. The molecule has 4 aromatic rings. The highest BCUT2D eigenvalue weighted by molar-refractivity contribution is 7.90. The zero-order chi connectivity index (χ0) is 20.4. The maximum atomic E-state index is 13.2. The normalized spacial score (nSPS) is 11.6. The number of Topliss-reactive ketones (excluding diaryl/α,β-unsaturated/α-hetero) is 1. The first-order valence-corrected chi connectivity index (χ1v) is 10.9. The van der Waals surface area contributed by atoms with Crippen LogP contribution in [0.3, 0.4) is 0 Å². The van der Waals surface area contributed by atoms with Gasteiger partial charge in [0, 0.05) is 23.6 Å². The van der Waals surface area contributed by atoms with Crippen molar-refractivity contribution in [3.63, 3.8) is 0 Å². The van der Waals surface area contributed by atoms with Crippen molar-refractivity contribution in [2.45, 2.75) is 24.7 Å². The summed E-state index contributed by atoms with van der Waals surface area (Å²) in [5.41, 5.74) is 3.01. The van der Waals surface area contributed by atoms with Gasteiger partial charge in [0.25, 0.3) is 10.0 Å². The molecule has 0 aliphatic heterocycles. The van der Waals surface area contributed by atoms with Crippen molar-refractivity contribution in [2.75, 3.05) is 0 Å². The van der Waals surface area contributed by atoms with E-state index in [2.05, 4.69) is 0 Å². The van der Waals surface area contributed by atoms with Crippen LogP contribution in [0, 0.1) is 6.92 Å². The largest absolute Gasteiger partial charge is 0.294 e. The topological polar surface area (TPSA) is 56.1 Å². The summed E-state index contributed by atoms with van der Waals surface area (Å²) in [6, 6.07) is 23.6. The van der Waals surface area contributed by atoms with Gasteiger partial charge in [-0.3, -0.25) is 4.79 Å². The van der Waals surface area contributed by atoms with Crippen LogP contribution in [-0.2, 0) is 16.4 Å². The molecule has 0 N–H and O–H groups in total. The number of hydrogen-bond acceptors (Lipinski definition) is 3. The molecule has 146 valence electrons. The van der Waals surface area contributed by atoms with Gasteiger partial charge in [-0.1, -0.05) is 66.2 Å². The second kappa shape index (κ2) is 7.68. The fourth-order valence-corrected chi connectivity index (χ4v) is 4.80. The minimum atomic E-state index is -3.80. The Kier molecular flexibility index (Phi) is 5.07. The number of fused-ring (bicyclic) bond motifs is 1. The molecule has 0 saturated carbocycles. The van der Waals surface area contributed by atoms with E-state index in [4.69, 9.17) is 0 Å². The fourth-order valence-electron chi connectivity index (χ4n) is 3.43.